The van der Waals surface area contributed by atoms with Crippen molar-refractivity contribution < 1.29 is 50.3 Å². The highest BCUT2D eigenvalue weighted by Gasteiger charge is 2.46. The van der Waals surface area contributed by atoms with E-state index in [9.17, 15) is 30.6 Å². The minimum Gasteiger partial charge on any atom is -0.394 e. The van der Waals surface area contributed by atoms with Gasteiger partial charge in [0, 0.05) is 6.54 Å². The molecule has 1 rings (SSSR count). The van der Waals surface area contributed by atoms with Crippen molar-refractivity contribution in [2.75, 3.05) is 19.8 Å². The smallest absolute Gasteiger partial charge is 0.187 e. The third-order valence-corrected chi connectivity index (χ3v) is 3.68. The molecule has 0 spiro atoms. The van der Waals surface area contributed by atoms with Gasteiger partial charge in [-0.15, -0.1) is 0 Å². The Morgan fingerprint density at radius 1 is 0.957 bits per heavy atom. The molecule has 0 bridgehead atoms. The SMILES string of the molecule is NC[C@@H](O)[C@@H](O[C@H]1O[C@H](CO)[C@@H](O)[C@H](O)[C@H]1O)[C@H](O)[C@@H](O)CO. The van der Waals surface area contributed by atoms with E-state index in [2.05, 4.69) is 0 Å². The molecule has 0 aromatic rings. The molecule has 1 aliphatic rings. The third kappa shape index (κ3) is 4.78. The highest BCUT2D eigenvalue weighted by atomic mass is 16.7. The van der Waals surface area contributed by atoms with Crippen LogP contribution in [0.5, 0.6) is 0 Å². The van der Waals surface area contributed by atoms with E-state index >= 15 is 0 Å². The summed E-state index contributed by atoms with van der Waals surface area (Å²) in [6.07, 6.45) is -14.4. The molecule has 0 amide bonds. The van der Waals surface area contributed by atoms with Crippen molar-refractivity contribution in [3.8, 4) is 0 Å². The molecule has 10 N–H and O–H groups in total. The summed E-state index contributed by atoms with van der Waals surface area (Å²) in [5.74, 6) is 0. The van der Waals surface area contributed by atoms with Crippen LogP contribution in [0.25, 0.3) is 0 Å². The maximum Gasteiger partial charge on any atom is 0.187 e. The molecule has 9 atom stereocenters. The minimum atomic E-state index is -1.77. The Kier molecular flexibility index (Phi) is 8.20. The lowest BCUT2D eigenvalue weighted by molar-refractivity contribution is -0.326. The summed E-state index contributed by atoms with van der Waals surface area (Å²) >= 11 is 0. The average molecular weight is 343 g/mol. The molecular weight excluding hydrogens is 318 g/mol. The molecule has 0 unspecified atom stereocenters. The molecule has 11 nitrogen and oxygen atoms in total. The fraction of sp³-hybridized carbons (Fsp3) is 1.00. The maximum absolute atomic E-state index is 9.89. The topological polar surface area (TPSA) is 206 Å². The summed E-state index contributed by atoms with van der Waals surface area (Å²) in [5, 5.41) is 76.3. The number of nitrogens with two attached hydrogens (primary N) is 1. The van der Waals surface area contributed by atoms with Gasteiger partial charge in [0.1, 0.15) is 42.7 Å². The monoisotopic (exact) mass is 343 g/mol. The number of aliphatic hydroxyl groups excluding tert-OH is 8. The van der Waals surface area contributed by atoms with E-state index in [1.165, 1.54) is 0 Å². The predicted octanol–water partition coefficient (Wildman–Crippen LogP) is -5.79. The van der Waals surface area contributed by atoms with Crippen molar-refractivity contribution in [2.24, 2.45) is 5.73 Å². The van der Waals surface area contributed by atoms with Crippen LogP contribution in [0.15, 0.2) is 0 Å². The molecule has 1 heterocycles. The van der Waals surface area contributed by atoms with Gasteiger partial charge in [0.25, 0.3) is 0 Å². The molecule has 23 heavy (non-hydrogen) atoms. The van der Waals surface area contributed by atoms with E-state index in [0.717, 1.165) is 0 Å². The second kappa shape index (κ2) is 9.15. The molecular formula is C12H25NO10. The summed E-state index contributed by atoms with van der Waals surface area (Å²) in [6.45, 7) is -1.89. The molecule has 0 aromatic carbocycles. The van der Waals surface area contributed by atoms with E-state index < -0.39 is 68.3 Å². The predicted molar refractivity (Wildman–Crippen MR) is 72.8 cm³/mol. The molecule has 0 radical (unpaired) electrons. The van der Waals surface area contributed by atoms with Crippen molar-refractivity contribution in [2.45, 2.75) is 55.1 Å². The lowest BCUT2D eigenvalue weighted by Gasteiger charge is -2.42. The summed E-state index contributed by atoms with van der Waals surface area (Å²) in [5.41, 5.74) is 5.28. The zero-order valence-electron chi connectivity index (χ0n) is 12.3. The molecule has 1 saturated heterocycles. The van der Waals surface area contributed by atoms with Gasteiger partial charge in [-0.25, -0.2) is 0 Å². The van der Waals surface area contributed by atoms with Gasteiger partial charge in [-0.2, -0.15) is 0 Å². The first-order chi connectivity index (χ1) is 10.8. The zero-order valence-corrected chi connectivity index (χ0v) is 12.3. The van der Waals surface area contributed by atoms with E-state index in [1.54, 1.807) is 0 Å². The van der Waals surface area contributed by atoms with Crippen molar-refractivity contribution in [3.63, 3.8) is 0 Å². The first kappa shape index (κ1) is 20.6. The van der Waals surface area contributed by atoms with Gasteiger partial charge in [-0.1, -0.05) is 0 Å². The molecule has 0 aliphatic carbocycles. The minimum absolute atomic E-state index is 0.378. The standard InChI is InChI=1S/C12H25NO10/c13-1-4(16)11(7(18)5(17)2-14)23-12-10(21)9(20)8(19)6(3-15)22-12/h4-12,14-21H,1-3,13H2/t4-,5+,6-,7-,8-,9+,10-,11-,12-/m1/s1. The number of hydrogen-bond donors (Lipinski definition) is 9. The fourth-order valence-corrected chi connectivity index (χ4v) is 2.19. The summed E-state index contributed by atoms with van der Waals surface area (Å²) in [4.78, 5) is 0. The van der Waals surface area contributed by atoms with Crippen molar-refractivity contribution in [1.82, 2.24) is 0 Å². The van der Waals surface area contributed by atoms with E-state index in [0.29, 0.717) is 0 Å². The van der Waals surface area contributed by atoms with E-state index in [4.69, 9.17) is 25.4 Å². The quantitative estimate of drug-likeness (QED) is 0.203. The van der Waals surface area contributed by atoms with Crippen molar-refractivity contribution in [3.05, 3.63) is 0 Å². The van der Waals surface area contributed by atoms with Crippen LogP contribution in [0.1, 0.15) is 0 Å². The second-order valence-corrected chi connectivity index (χ2v) is 5.34. The van der Waals surface area contributed by atoms with Gasteiger partial charge >= 0.3 is 0 Å². The Labute approximate surface area is 132 Å². The molecule has 0 aromatic heterocycles. The first-order valence-electron chi connectivity index (χ1n) is 7.09. The van der Waals surface area contributed by atoms with Gasteiger partial charge in [0.05, 0.1) is 19.3 Å². The molecule has 0 saturated carbocycles. The number of aliphatic hydroxyl groups is 8. The van der Waals surface area contributed by atoms with Crippen LogP contribution in [-0.2, 0) is 9.47 Å². The molecule has 1 fully saturated rings. The summed E-state index contributed by atoms with van der Waals surface area (Å²) < 4.78 is 10.3. The van der Waals surface area contributed by atoms with E-state index in [-0.39, 0.29) is 6.54 Å². The van der Waals surface area contributed by atoms with Gasteiger partial charge in [-0.05, 0) is 0 Å². The first-order valence-corrected chi connectivity index (χ1v) is 7.09. The average Bonchev–Trinajstić information content (AvgIpc) is 2.57. The normalized spacial score (nSPS) is 37.2. The van der Waals surface area contributed by atoms with E-state index in [1.807, 2.05) is 0 Å². The Hall–Kier alpha value is -0.440. The lowest BCUT2D eigenvalue weighted by atomic mass is 9.98. The number of rotatable bonds is 8. The van der Waals surface area contributed by atoms with Gasteiger partial charge in [0.2, 0.25) is 0 Å². The van der Waals surface area contributed by atoms with Crippen LogP contribution in [0.3, 0.4) is 0 Å². The Morgan fingerprint density at radius 3 is 2.04 bits per heavy atom. The lowest BCUT2D eigenvalue weighted by Crippen LogP contribution is -2.61. The van der Waals surface area contributed by atoms with Crippen molar-refractivity contribution in [1.29, 1.82) is 0 Å². The Bertz CT molecular complexity index is 346. The summed E-state index contributed by atoms with van der Waals surface area (Å²) in [6, 6.07) is 0. The fourth-order valence-electron chi connectivity index (χ4n) is 2.19. The molecule has 138 valence electrons. The van der Waals surface area contributed by atoms with Crippen LogP contribution in [0.4, 0.5) is 0 Å². The third-order valence-electron chi connectivity index (χ3n) is 3.68. The van der Waals surface area contributed by atoms with Gasteiger partial charge in [-0.3, -0.25) is 0 Å². The van der Waals surface area contributed by atoms with Crippen LogP contribution in [0, 0.1) is 0 Å². The van der Waals surface area contributed by atoms with Gasteiger partial charge in [0.15, 0.2) is 6.29 Å². The van der Waals surface area contributed by atoms with Crippen LogP contribution >= 0.6 is 0 Å². The maximum atomic E-state index is 9.89. The number of hydrogen-bond acceptors (Lipinski definition) is 11. The largest absolute Gasteiger partial charge is 0.394 e. The highest BCUT2D eigenvalue weighted by molar-refractivity contribution is 4.91. The molecule has 11 heteroatoms. The zero-order chi connectivity index (χ0) is 17.7. The van der Waals surface area contributed by atoms with Crippen LogP contribution in [0.2, 0.25) is 0 Å². The molecule has 1 aliphatic heterocycles. The van der Waals surface area contributed by atoms with Crippen LogP contribution < -0.4 is 5.73 Å². The second-order valence-electron chi connectivity index (χ2n) is 5.34. The van der Waals surface area contributed by atoms with Crippen molar-refractivity contribution >= 4 is 0 Å². The Morgan fingerprint density at radius 2 is 1.57 bits per heavy atom. The summed E-state index contributed by atoms with van der Waals surface area (Å²) in [7, 11) is 0. The van der Waals surface area contributed by atoms with Gasteiger partial charge < -0.3 is 56.1 Å². The highest BCUT2D eigenvalue weighted by Crippen LogP contribution is 2.24. The van der Waals surface area contributed by atoms with Crippen LogP contribution in [-0.4, -0.2) is 116 Å². The number of ether oxygens (including phenoxy) is 2. The Balaban J connectivity index is 2.89.